The molecule has 0 aromatic rings. The third-order valence-corrected chi connectivity index (χ3v) is 13.2. The van der Waals surface area contributed by atoms with Crippen LogP contribution in [0.5, 0.6) is 0 Å². The van der Waals surface area contributed by atoms with Crippen LogP contribution >= 0.6 is 0 Å². The number of fused-ring (bicyclic) bond motifs is 2. The number of allylic oxidation sites excluding steroid dienone is 2. The standard InChI is InChI=1S/C30H47NO4/c1-24(2)19-8-9-20-27(6)16-18(32)23(28(7)12-11-22(35-28)25(3,4)33)26(27,5)14-15-30(20)17-29(19,30)13-10-21(24)31-34/h10,13,18-20,22-23,32-34H,8-9,11-12,14-17H2,1-7H3/b31-21+/t18-,19?,20?,22+,23?,26+,27-,28-,29+,30-/m0/s1. The van der Waals surface area contributed by atoms with E-state index in [4.69, 9.17) is 4.74 Å². The molecule has 4 saturated carbocycles. The summed E-state index contributed by atoms with van der Waals surface area (Å²) in [5.41, 5.74) is 0.0246. The maximum atomic E-state index is 11.7. The van der Waals surface area contributed by atoms with E-state index in [1.165, 1.54) is 19.3 Å². The lowest BCUT2D eigenvalue weighted by Gasteiger charge is -2.62. The van der Waals surface area contributed by atoms with Gasteiger partial charge in [0.05, 0.1) is 29.1 Å². The minimum atomic E-state index is -0.863. The van der Waals surface area contributed by atoms with Crippen molar-refractivity contribution in [2.24, 2.45) is 50.0 Å². The third-order valence-electron chi connectivity index (χ3n) is 13.2. The lowest BCUT2D eigenvalue weighted by molar-refractivity contribution is -0.188. The molecule has 0 aromatic carbocycles. The van der Waals surface area contributed by atoms with Gasteiger partial charge in [-0.25, -0.2) is 0 Å². The fourth-order valence-electron chi connectivity index (χ4n) is 11.5. The van der Waals surface area contributed by atoms with Gasteiger partial charge in [-0.2, -0.15) is 0 Å². The molecule has 3 unspecified atom stereocenters. The van der Waals surface area contributed by atoms with Crippen molar-refractivity contribution < 1.29 is 20.2 Å². The van der Waals surface area contributed by atoms with Gasteiger partial charge < -0.3 is 20.2 Å². The zero-order valence-electron chi connectivity index (χ0n) is 22.9. The Hall–Kier alpha value is -0.910. The first-order valence-corrected chi connectivity index (χ1v) is 14.1. The molecule has 5 aliphatic carbocycles. The molecule has 1 heterocycles. The minimum Gasteiger partial charge on any atom is -0.411 e. The highest BCUT2D eigenvalue weighted by atomic mass is 16.5. The van der Waals surface area contributed by atoms with Crippen molar-refractivity contribution >= 4 is 5.71 Å². The molecular formula is C30H47NO4. The quantitative estimate of drug-likeness (QED) is 0.346. The third kappa shape index (κ3) is 2.69. The topological polar surface area (TPSA) is 82.3 Å². The van der Waals surface area contributed by atoms with Gasteiger partial charge in [0.2, 0.25) is 0 Å². The predicted molar refractivity (Wildman–Crippen MR) is 136 cm³/mol. The van der Waals surface area contributed by atoms with Gasteiger partial charge in [0, 0.05) is 11.3 Å². The molecule has 5 nitrogen and oxygen atoms in total. The van der Waals surface area contributed by atoms with Crippen LogP contribution in [0, 0.1) is 44.8 Å². The average molecular weight is 486 g/mol. The fraction of sp³-hybridized carbons (Fsp3) is 0.900. The van der Waals surface area contributed by atoms with Crippen LogP contribution in [0.4, 0.5) is 0 Å². The molecule has 35 heavy (non-hydrogen) atoms. The molecule has 0 radical (unpaired) electrons. The minimum absolute atomic E-state index is 0.00774. The van der Waals surface area contributed by atoms with Crippen molar-refractivity contribution in [1.82, 2.24) is 0 Å². The molecule has 5 heteroatoms. The van der Waals surface area contributed by atoms with E-state index in [-0.39, 0.29) is 39.8 Å². The summed E-state index contributed by atoms with van der Waals surface area (Å²) in [6.45, 7) is 15.4. The Morgan fingerprint density at radius 1 is 0.971 bits per heavy atom. The number of oxime groups is 1. The lowest BCUT2D eigenvalue weighted by Crippen LogP contribution is -2.58. The first-order valence-electron chi connectivity index (χ1n) is 14.1. The maximum Gasteiger partial charge on any atom is 0.0865 e. The summed E-state index contributed by atoms with van der Waals surface area (Å²) in [6, 6.07) is 0. The molecule has 6 aliphatic rings. The van der Waals surface area contributed by atoms with Gasteiger partial charge in [-0.05, 0) is 112 Å². The molecule has 196 valence electrons. The van der Waals surface area contributed by atoms with Crippen molar-refractivity contribution in [3.8, 4) is 0 Å². The molecule has 6 rings (SSSR count). The van der Waals surface area contributed by atoms with Crippen LogP contribution in [0.25, 0.3) is 0 Å². The Balaban J connectivity index is 1.36. The molecule has 3 N–H and O–H groups in total. The molecule has 0 aromatic heterocycles. The van der Waals surface area contributed by atoms with Crippen LogP contribution in [0.15, 0.2) is 17.3 Å². The van der Waals surface area contributed by atoms with Crippen LogP contribution in [0.1, 0.15) is 99.8 Å². The van der Waals surface area contributed by atoms with E-state index in [9.17, 15) is 15.4 Å². The zero-order chi connectivity index (χ0) is 25.4. The van der Waals surface area contributed by atoms with Gasteiger partial charge in [-0.1, -0.05) is 38.9 Å². The maximum absolute atomic E-state index is 11.7. The van der Waals surface area contributed by atoms with Gasteiger partial charge in [-0.15, -0.1) is 0 Å². The Morgan fingerprint density at radius 2 is 1.66 bits per heavy atom. The largest absolute Gasteiger partial charge is 0.411 e. The Labute approximate surface area is 211 Å². The smallest absolute Gasteiger partial charge is 0.0865 e. The normalized spacial score (nSPS) is 57.4. The Bertz CT molecular complexity index is 997. The lowest BCUT2D eigenvalue weighted by atomic mass is 9.42. The summed E-state index contributed by atoms with van der Waals surface area (Å²) in [5.74, 6) is 1.19. The van der Waals surface area contributed by atoms with Gasteiger partial charge in [0.25, 0.3) is 0 Å². The second-order valence-corrected chi connectivity index (χ2v) is 15.3. The van der Waals surface area contributed by atoms with Gasteiger partial charge in [-0.3, -0.25) is 0 Å². The van der Waals surface area contributed by atoms with Gasteiger partial charge in [0.15, 0.2) is 0 Å². The van der Waals surface area contributed by atoms with Crippen LogP contribution in [-0.4, -0.2) is 44.5 Å². The monoisotopic (exact) mass is 485 g/mol. The molecule has 10 atom stereocenters. The second kappa shape index (κ2) is 6.74. The molecule has 0 amide bonds. The van der Waals surface area contributed by atoms with Crippen LogP contribution in [-0.2, 0) is 4.74 Å². The highest BCUT2D eigenvalue weighted by Gasteiger charge is 2.82. The van der Waals surface area contributed by atoms with Crippen molar-refractivity contribution in [2.45, 2.75) is 123 Å². The molecule has 5 fully saturated rings. The number of nitrogens with zero attached hydrogens (tertiary/aromatic N) is 1. The van der Waals surface area contributed by atoms with Crippen LogP contribution < -0.4 is 0 Å². The van der Waals surface area contributed by atoms with E-state index in [1.54, 1.807) is 0 Å². The summed E-state index contributed by atoms with van der Waals surface area (Å²) < 4.78 is 6.68. The number of hydrogen-bond acceptors (Lipinski definition) is 5. The Kier molecular flexibility index (Phi) is 4.71. The number of aliphatic hydroxyl groups is 2. The second-order valence-electron chi connectivity index (χ2n) is 15.3. The van der Waals surface area contributed by atoms with E-state index in [0.29, 0.717) is 17.3 Å². The van der Waals surface area contributed by atoms with Crippen LogP contribution in [0.3, 0.4) is 0 Å². The van der Waals surface area contributed by atoms with Crippen molar-refractivity contribution in [3.05, 3.63) is 12.2 Å². The molecular weight excluding hydrogens is 438 g/mol. The number of hydrogen-bond donors (Lipinski definition) is 3. The highest BCUT2D eigenvalue weighted by molar-refractivity contribution is 6.00. The van der Waals surface area contributed by atoms with E-state index in [0.717, 1.165) is 37.8 Å². The molecule has 0 bridgehead atoms. The number of ether oxygens (including phenoxy) is 1. The molecule has 2 spiro atoms. The van der Waals surface area contributed by atoms with Crippen molar-refractivity contribution in [3.63, 3.8) is 0 Å². The molecule has 1 saturated heterocycles. The van der Waals surface area contributed by atoms with E-state index >= 15 is 0 Å². The average Bonchev–Trinajstić information content (AvgIpc) is 3.13. The van der Waals surface area contributed by atoms with E-state index < -0.39 is 11.2 Å². The van der Waals surface area contributed by atoms with Crippen molar-refractivity contribution in [2.75, 3.05) is 0 Å². The number of rotatable bonds is 2. The highest BCUT2D eigenvalue weighted by Crippen LogP contribution is 2.88. The summed E-state index contributed by atoms with van der Waals surface area (Å²) >= 11 is 0. The molecule has 1 aliphatic heterocycles. The summed E-state index contributed by atoms with van der Waals surface area (Å²) in [5, 5.41) is 35.8. The Morgan fingerprint density at radius 3 is 2.29 bits per heavy atom. The fourth-order valence-corrected chi connectivity index (χ4v) is 11.5. The van der Waals surface area contributed by atoms with E-state index in [1.807, 2.05) is 13.8 Å². The summed E-state index contributed by atoms with van der Waals surface area (Å²) in [4.78, 5) is 0. The number of aliphatic hydroxyl groups excluding tert-OH is 1. The first kappa shape index (κ1) is 24.4. The van der Waals surface area contributed by atoms with E-state index in [2.05, 4.69) is 51.9 Å². The predicted octanol–water partition coefficient (Wildman–Crippen LogP) is 5.71. The summed E-state index contributed by atoms with van der Waals surface area (Å²) in [7, 11) is 0. The van der Waals surface area contributed by atoms with Gasteiger partial charge >= 0.3 is 0 Å². The summed E-state index contributed by atoms with van der Waals surface area (Å²) in [6.07, 6.45) is 12.5. The van der Waals surface area contributed by atoms with Crippen molar-refractivity contribution in [1.29, 1.82) is 0 Å². The van der Waals surface area contributed by atoms with Crippen LogP contribution in [0.2, 0.25) is 0 Å². The zero-order valence-corrected chi connectivity index (χ0v) is 22.9. The first-order chi connectivity index (χ1) is 16.1. The van der Waals surface area contributed by atoms with Gasteiger partial charge in [0.1, 0.15) is 0 Å². The SMILES string of the molecule is CC1(C)/C(=N/O)C=C[C@]23C[C@]24CC[C@]2(C)C([C@]5(C)CC[C@H](C(C)(C)O)O5)[C@@H](O)C[C@@]2(C)C4CCC13.